The highest BCUT2D eigenvalue weighted by atomic mass is 35.5. The summed E-state index contributed by atoms with van der Waals surface area (Å²) in [5, 5.41) is 11.3. The maximum Gasteiger partial charge on any atom is 0.501 e. The Hall–Kier alpha value is -2.57. The van der Waals surface area contributed by atoms with Gasteiger partial charge in [0.05, 0.1) is 15.5 Å². The van der Waals surface area contributed by atoms with E-state index in [4.69, 9.17) is 16.9 Å². The summed E-state index contributed by atoms with van der Waals surface area (Å²) in [5.74, 6) is -0.684. The van der Waals surface area contributed by atoms with Crippen LogP contribution < -0.4 is 5.32 Å². The predicted octanol–water partition coefficient (Wildman–Crippen LogP) is 3.76. The third kappa shape index (κ3) is 3.92. The molecular weight excluding hydrogens is 381 g/mol. The molecule has 0 radical (unpaired) electrons. The molecule has 0 aliphatic heterocycles. The minimum atomic E-state index is -5.47. The van der Waals surface area contributed by atoms with Gasteiger partial charge in [0.15, 0.2) is 0 Å². The summed E-state index contributed by atoms with van der Waals surface area (Å²) in [5.41, 5.74) is -5.00. The molecule has 130 valence electrons. The largest absolute Gasteiger partial charge is 0.501 e. The second-order valence-corrected chi connectivity index (χ2v) is 7.08. The van der Waals surface area contributed by atoms with E-state index in [0.717, 1.165) is 12.1 Å². The zero-order chi connectivity index (χ0) is 18.8. The number of alkyl halides is 3. The van der Waals surface area contributed by atoms with Crippen LogP contribution in [0.1, 0.15) is 15.9 Å². The van der Waals surface area contributed by atoms with Crippen molar-refractivity contribution in [1.82, 2.24) is 0 Å². The summed E-state index contributed by atoms with van der Waals surface area (Å²) < 4.78 is 59.9. The Morgan fingerprint density at radius 1 is 1.12 bits per heavy atom. The van der Waals surface area contributed by atoms with Crippen LogP contribution in [0.25, 0.3) is 0 Å². The van der Waals surface area contributed by atoms with E-state index >= 15 is 0 Å². The van der Waals surface area contributed by atoms with Gasteiger partial charge in [-0.15, -0.1) is 0 Å². The van der Waals surface area contributed by atoms with Crippen LogP contribution in [0.15, 0.2) is 47.4 Å². The highest BCUT2D eigenvalue weighted by molar-refractivity contribution is 7.92. The number of hydrogen-bond acceptors (Lipinski definition) is 4. The van der Waals surface area contributed by atoms with Gasteiger partial charge < -0.3 is 5.32 Å². The van der Waals surface area contributed by atoms with Crippen molar-refractivity contribution in [3.05, 3.63) is 58.6 Å². The van der Waals surface area contributed by atoms with E-state index in [1.165, 1.54) is 18.2 Å². The predicted molar refractivity (Wildman–Crippen MR) is 83.8 cm³/mol. The van der Waals surface area contributed by atoms with Crippen molar-refractivity contribution in [3.8, 4) is 6.07 Å². The molecule has 0 saturated heterocycles. The van der Waals surface area contributed by atoms with Crippen LogP contribution in [0.3, 0.4) is 0 Å². The lowest BCUT2D eigenvalue weighted by atomic mass is 10.2. The molecule has 5 nitrogen and oxygen atoms in total. The number of nitriles is 1. The summed E-state index contributed by atoms with van der Waals surface area (Å²) in [6.07, 6.45) is 0. The van der Waals surface area contributed by atoms with E-state index < -0.39 is 26.1 Å². The molecule has 0 spiro atoms. The van der Waals surface area contributed by atoms with Crippen molar-refractivity contribution in [2.75, 3.05) is 5.32 Å². The number of benzene rings is 2. The maximum atomic E-state index is 12.5. The van der Waals surface area contributed by atoms with Crippen molar-refractivity contribution in [3.63, 3.8) is 0 Å². The third-order valence-corrected chi connectivity index (χ3v) is 4.89. The molecule has 0 atom stereocenters. The highest BCUT2D eigenvalue weighted by Gasteiger charge is 2.46. The zero-order valence-corrected chi connectivity index (χ0v) is 13.7. The Kier molecular flexibility index (Phi) is 5.06. The SMILES string of the molecule is N#Cc1ccc(NC(=O)c2ccc(S(=O)(=O)C(F)(F)F)cc2)cc1Cl. The Bertz CT molecular complexity index is 965. The second-order valence-electron chi connectivity index (χ2n) is 4.73. The van der Waals surface area contributed by atoms with Gasteiger partial charge in [0, 0.05) is 11.3 Å². The number of halogens is 4. The average molecular weight is 389 g/mol. The molecule has 0 fully saturated rings. The van der Waals surface area contributed by atoms with Gasteiger partial charge in [0.25, 0.3) is 15.7 Å². The lowest BCUT2D eigenvalue weighted by Gasteiger charge is -2.09. The van der Waals surface area contributed by atoms with Gasteiger partial charge in [-0.05, 0) is 42.5 Å². The molecule has 2 aromatic rings. The van der Waals surface area contributed by atoms with E-state index in [1.54, 1.807) is 0 Å². The number of hydrogen-bond donors (Lipinski definition) is 1. The Labute approximate surface area is 145 Å². The molecule has 0 aliphatic rings. The molecule has 1 N–H and O–H groups in total. The Morgan fingerprint density at radius 2 is 1.72 bits per heavy atom. The number of sulfone groups is 1. The van der Waals surface area contributed by atoms with Crippen LogP contribution in [0.2, 0.25) is 5.02 Å². The van der Waals surface area contributed by atoms with Gasteiger partial charge in [-0.3, -0.25) is 4.79 Å². The van der Waals surface area contributed by atoms with E-state index in [9.17, 15) is 26.4 Å². The lowest BCUT2D eigenvalue weighted by Crippen LogP contribution is -2.23. The fourth-order valence-electron chi connectivity index (χ4n) is 1.81. The fourth-order valence-corrected chi connectivity index (χ4v) is 2.79. The van der Waals surface area contributed by atoms with Crippen molar-refractivity contribution in [2.45, 2.75) is 10.4 Å². The molecule has 0 unspecified atom stereocenters. The molecule has 2 rings (SSSR count). The first-order chi connectivity index (χ1) is 11.6. The van der Waals surface area contributed by atoms with Crippen molar-refractivity contribution in [2.24, 2.45) is 0 Å². The highest BCUT2D eigenvalue weighted by Crippen LogP contribution is 2.30. The van der Waals surface area contributed by atoms with Crippen molar-refractivity contribution < 1.29 is 26.4 Å². The van der Waals surface area contributed by atoms with E-state index in [1.807, 2.05) is 6.07 Å². The Morgan fingerprint density at radius 3 is 2.20 bits per heavy atom. The molecule has 1 amide bonds. The summed E-state index contributed by atoms with van der Waals surface area (Å²) in [4.78, 5) is 11.1. The standard InChI is InChI=1S/C15H8ClF3N2O3S/c16-13-7-11(4-1-10(13)8-20)21-14(22)9-2-5-12(6-3-9)25(23,24)15(17,18)19/h1-7H,(H,21,22). The molecular formula is C15H8ClF3N2O3S. The van der Waals surface area contributed by atoms with Crippen LogP contribution in [0.4, 0.5) is 18.9 Å². The summed E-state index contributed by atoms with van der Waals surface area (Å²) >= 11 is 5.83. The van der Waals surface area contributed by atoms with Gasteiger partial charge in [0.1, 0.15) is 6.07 Å². The second kappa shape index (κ2) is 6.74. The number of carbonyl (C=O) groups is 1. The fraction of sp³-hybridized carbons (Fsp3) is 0.0667. The topological polar surface area (TPSA) is 87.0 Å². The molecule has 0 heterocycles. The summed E-state index contributed by atoms with van der Waals surface area (Å²) in [6, 6.07) is 9.30. The van der Waals surface area contributed by atoms with Gasteiger partial charge >= 0.3 is 5.51 Å². The molecule has 0 aromatic heterocycles. The van der Waals surface area contributed by atoms with Gasteiger partial charge in [-0.25, -0.2) is 8.42 Å². The molecule has 0 aliphatic carbocycles. The zero-order valence-electron chi connectivity index (χ0n) is 12.1. The van der Waals surface area contributed by atoms with Crippen molar-refractivity contribution in [1.29, 1.82) is 5.26 Å². The van der Waals surface area contributed by atoms with Crippen molar-refractivity contribution >= 4 is 33.0 Å². The first kappa shape index (κ1) is 18.8. The quantitative estimate of drug-likeness (QED) is 0.867. The van der Waals surface area contributed by atoms with Crippen LogP contribution in [0.5, 0.6) is 0 Å². The third-order valence-electron chi connectivity index (χ3n) is 3.08. The van der Waals surface area contributed by atoms with E-state index in [-0.39, 0.29) is 21.8 Å². The smallest absolute Gasteiger partial charge is 0.322 e. The number of anilines is 1. The number of rotatable bonds is 3. The monoisotopic (exact) mass is 388 g/mol. The molecule has 0 saturated carbocycles. The number of amides is 1. The number of nitrogens with one attached hydrogen (secondary N) is 1. The minimum Gasteiger partial charge on any atom is -0.322 e. The van der Waals surface area contributed by atoms with Gasteiger partial charge in [-0.1, -0.05) is 11.6 Å². The minimum absolute atomic E-state index is 0.0541. The van der Waals surface area contributed by atoms with Crippen LogP contribution in [0, 0.1) is 11.3 Å². The van der Waals surface area contributed by atoms with Gasteiger partial charge in [-0.2, -0.15) is 18.4 Å². The molecule has 2 aromatic carbocycles. The normalized spacial score (nSPS) is 11.6. The average Bonchev–Trinajstić information content (AvgIpc) is 2.54. The van der Waals surface area contributed by atoms with Gasteiger partial charge in [0.2, 0.25) is 0 Å². The summed E-state index contributed by atoms with van der Waals surface area (Å²) in [7, 11) is -5.47. The Balaban J connectivity index is 2.22. The van der Waals surface area contributed by atoms with E-state index in [0.29, 0.717) is 12.1 Å². The number of carbonyl (C=O) groups excluding carboxylic acids is 1. The molecule has 10 heteroatoms. The van der Waals surface area contributed by atoms with Crippen LogP contribution >= 0.6 is 11.6 Å². The van der Waals surface area contributed by atoms with Crippen LogP contribution in [-0.2, 0) is 9.84 Å². The van der Waals surface area contributed by atoms with E-state index in [2.05, 4.69) is 5.32 Å². The summed E-state index contributed by atoms with van der Waals surface area (Å²) in [6.45, 7) is 0. The number of nitrogens with zero attached hydrogens (tertiary/aromatic N) is 1. The lowest BCUT2D eigenvalue weighted by molar-refractivity contribution is -0.0436. The first-order valence-electron chi connectivity index (χ1n) is 6.48. The first-order valence-corrected chi connectivity index (χ1v) is 8.35. The van der Waals surface area contributed by atoms with Crippen LogP contribution in [-0.4, -0.2) is 19.8 Å². The maximum absolute atomic E-state index is 12.5. The molecule has 0 bridgehead atoms. The molecule has 25 heavy (non-hydrogen) atoms.